The van der Waals surface area contributed by atoms with Gasteiger partial charge in [0.1, 0.15) is 5.76 Å². The zero-order valence-corrected chi connectivity index (χ0v) is 10.3. The molecule has 0 spiro atoms. The van der Waals surface area contributed by atoms with E-state index in [9.17, 15) is 4.79 Å². The van der Waals surface area contributed by atoms with Crippen LogP contribution in [0.2, 0.25) is 0 Å². The summed E-state index contributed by atoms with van der Waals surface area (Å²) in [7, 11) is 0. The van der Waals surface area contributed by atoms with E-state index < -0.39 is 5.97 Å². The van der Waals surface area contributed by atoms with Crippen LogP contribution >= 0.6 is 0 Å². The van der Waals surface area contributed by atoms with Crippen molar-refractivity contribution in [2.45, 2.75) is 38.3 Å². The fourth-order valence-corrected chi connectivity index (χ4v) is 2.19. The minimum absolute atomic E-state index is 0.0132. The Labute approximate surface area is 106 Å². The van der Waals surface area contributed by atoms with E-state index in [1.165, 1.54) is 25.3 Å². The van der Waals surface area contributed by atoms with Gasteiger partial charge in [-0.05, 0) is 31.4 Å². The van der Waals surface area contributed by atoms with E-state index in [1.807, 2.05) is 0 Å². The van der Waals surface area contributed by atoms with Crippen LogP contribution in [0.25, 0.3) is 0 Å². The van der Waals surface area contributed by atoms with E-state index in [0.717, 1.165) is 13.0 Å². The Kier molecular flexibility index (Phi) is 4.38. The van der Waals surface area contributed by atoms with Crippen molar-refractivity contribution in [2.24, 2.45) is 0 Å². The Morgan fingerprint density at radius 1 is 1.44 bits per heavy atom. The molecule has 0 atom stereocenters. The van der Waals surface area contributed by atoms with Crippen LogP contribution in [0, 0.1) is 0 Å². The highest BCUT2D eigenvalue weighted by Crippen LogP contribution is 2.26. The summed E-state index contributed by atoms with van der Waals surface area (Å²) in [6.07, 6.45) is 4.34. The lowest BCUT2D eigenvalue weighted by Crippen LogP contribution is -2.40. The molecule has 0 bridgehead atoms. The van der Waals surface area contributed by atoms with Gasteiger partial charge in [0.2, 0.25) is 5.76 Å². The highest BCUT2D eigenvalue weighted by Gasteiger charge is 2.25. The Balaban J connectivity index is 1.95. The van der Waals surface area contributed by atoms with Gasteiger partial charge in [-0.2, -0.15) is 0 Å². The van der Waals surface area contributed by atoms with E-state index in [-0.39, 0.29) is 12.4 Å². The summed E-state index contributed by atoms with van der Waals surface area (Å²) >= 11 is 0. The molecule has 1 aromatic heterocycles. The van der Waals surface area contributed by atoms with Crippen molar-refractivity contribution >= 4 is 5.97 Å². The Morgan fingerprint density at radius 3 is 2.72 bits per heavy atom. The molecule has 5 heteroatoms. The zero-order valence-electron chi connectivity index (χ0n) is 10.3. The van der Waals surface area contributed by atoms with Crippen LogP contribution in [-0.4, -0.2) is 40.3 Å². The highest BCUT2D eigenvalue weighted by molar-refractivity contribution is 5.84. The second kappa shape index (κ2) is 6.02. The van der Waals surface area contributed by atoms with Gasteiger partial charge in [0, 0.05) is 19.2 Å². The molecule has 0 radical (unpaired) electrons. The predicted octanol–water partition coefficient (Wildman–Crippen LogP) is 1.71. The number of aromatic carboxylic acids is 1. The fourth-order valence-electron chi connectivity index (χ4n) is 2.19. The summed E-state index contributed by atoms with van der Waals surface area (Å²) in [5, 5.41) is 17.7. The molecule has 0 aliphatic heterocycles. The number of carbonyl (C=O) groups is 1. The lowest BCUT2D eigenvalue weighted by atomic mass is 9.91. The first-order valence-corrected chi connectivity index (χ1v) is 6.37. The summed E-state index contributed by atoms with van der Waals surface area (Å²) in [6.45, 7) is 1.63. The molecule has 5 nitrogen and oxygen atoms in total. The maximum absolute atomic E-state index is 10.7. The summed E-state index contributed by atoms with van der Waals surface area (Å²) in [6, 6.07) is 3.76. The van der Waals surface area contributed by atoms with Crippen molar-refractivity contribution < 1.29 is 19.4 Å². The lowest BCUT2D eigenvalue weighted by molar-refractivity contribution is 0.0652. The molecule has 1 heterocycles. The molecule has 1 aliphatic rings. The van der Waals surface area contributed by atoms with Crippen molar-refractivity contribution in [1.29, 1.82) is 0 Å². The number of furan rings is 1. The van der Waals surface area contributed by atoms with Crippen LogP contribution in [0.15, 0.2) is 16.5 Å². The predicted molar refractivity (Wildman–Crippen MR) is 65.4 cm³/mol. The Bertz CT molecular complexity index is 397. The van der Waals surface area contributed by atoms with Gasteiger partial charge in [-0.3, -0.25) is 4.90 Å². The van der Waals surface area contributed by atoms with Crippen LogP contribution < -0.4 is 0 Å². The third kappa shape index (κ3) is 3.11. The zero-order chi connectivity index (χ0) is 13.0. The van der Waals surface area contributed by atoms with Gasteiger partial charge in [0.05, 0.1) is 6.54 Å². The number of rotatable bonds is 7. The van der Waals surface area contributed by atoms with Crippen molar-refractivity contribution in [3.63, 3.8) is 0 Å². The van der Waals surface area contributed by atoms with Gasteiger partial charge in [0.25, 0.3) is 0 Å². The summed E-state index contributed by atoms with van der Waals surface area (Å²) in [5.41, 5.74) is 0. The van der Waals surface area contributed by atoms with Gasteiger partial charge in [-0.25, -0.2) is 4.79 Å². The number of carboxylic acid groups (broad SMARTS) is 1. The standard InChI is InChI=1S/C13H19NO4/c15-8-2-7-14(10-3-1-4-10)9-11-5-6-12(18-11)13(16)17/h5-6,10,15H,1-4,7-9H2,(H,16,17). The number of hydrogen-bond acceptors (Lipinski definition) is 4. The third-order valence-electron chi connectivity index (χ3n) is 3.43. The number of aliphatic hydroxyl groups excluding tert-OH is 1. The maximum Gasteiger partial charge on any atom is 0.371 e. The normalized spacial score (nSPS) is 15.9. The molecule has 1 aromatic rings. The lowest BCUT2D eigenvalue weighted by Gasteiger charge is -2.37. The fraction of sp³-hybridized carbons (Fsp3) is 0.615. The van der Waals surface area contributed by atoms with Crippen molar-refractivity contribution in [3.05, 3.63) is 23.7 Å². The minimum Gasteiger partial charge on any atom is -0.475 e. The van der Waals surface area contributed by atoms with Crippen LogP contribution in [0.3, 0.4) is 0 Å². The molecule has 1 fully saturated rings. The molecular weight excluding hydrogens is 234 g/mol. The van der Waals surface area contributed by atoms with Crippen molar-refractivity contribution in [1.82, 2.24) is 4.90 Å². The van der Waals surface area contributed by atoms with Crippen LogP contribution in [0.1, 0.15) is 42.0 Å². The van der Waals surface area contributed by atoms with E-state index >= 15 is 0 Å². The maximum atomic E-state index is 10.7. The molecule has 2 N–H and O–H groups in total. The van der Waals surface area contributed by atoms with E-state index in [1.54, 1.807) is 6.07 Å². The summed E-state index contributed by atoms with van der Waals surface area (Å²) in [4.78, 5) is 13.0. The quantitative estimate of drug-likeness (QED) is 0.774. The van der Waals surface area contributed by atoms with Gasteiger partial charge in [-0.15, -0.1) is 0 Å². The first-order chi connectivity index (χ1) is 8.70. The number of nitrogens with zero attached hydrogens (tertiary/aromatic N) is 1. The summed E-state index contributed by atoms with van der Waals surface area (Å²) < 4.78 is 5.27. The molecule has 100 valence electrons. The molecule has 1 aliphatic carbocycles. The average Bonchev–Trinajstić information content (AvgIpc) is 2.72. The number of carboxylic acids is 1. The second-order valence-corrected chi connectivity index (χ2v) is 4.70. The first kappa shape index (κ1) is 13.1. The molecule has 18 heavy (non-hydrogen) atoms. The van der Waals surface area contributed by atoms with Crippen molar-refractivity contribution in [3.8, 4) is 0 Å². The Hall–Kier alpha value is -1.33. The molecule has 0 saturated heterocycles. The van der Waals surface area contributed by atoms with Gasteiger partial charge < -0.3 is 14.6 Å². The van der Waals surface area contributed by atoms with Gasteiger partial charge in [0.15, 0.2) is 0 Å². The van der Waals surface area contributed by atoms with E-state index in [2.05, 4.69) is 4.90 Å². The number of aliphatic hydroxyl groups is 1. The molecule has 2 rings (SSSR count). The molecular formula is C13H19NO4. The van der Waals surface area contributed by atoms with Gasteiger partial charge >= 0.3 is 5.97 Å². The second-order valence-electron chi connectivity index (χ2n) is 4.70. The average molecular weight is 253 g/mol. The van der Waals surface area contributed by atoms with E-state index in [0.29, 0.717) is 18.3 Å². The van der Waals surface area contributed by atoms with Crippen LogP contribution in [-0.2, 0) is 6.54 Å². The molecule has 0 aromatic carbocycles. The molecule has 0 unspecified atom stereocenters. The number of hydrogen-bond donors (Lipinski definition) is 2. The summed E-state index contributed by atoms with van der Waals surface area (Å²) in [5.74, 6) is -0.371. The first-order valence-electron chi connectivity index (χ1n) is 6.37. The third-order valence-corrected chi connectivity index (χ3v) is 3.43. The highest BCUT2D eigenvalue weighted by atomic mass is 16.4. The smallest absolute Gasteiger partial charge is 0.371 e. The van der Waals surface area contributed by atoms with Crippen LogP contribution in [0.4, 0.5) is 0 Å². The molecule has 1 saturated carbocycles. The van der Waals surface area contributed by atoms with Gasteiger partial charge in [-0.1, -0.05) is 6.42 Å². The Morgan fingerprint density at radius 2 is 2.22 bits per heavy atom. The molecule has 0 amide bonds. The van der Waals surface area contributed by atoms with Crippen LogP contribution in [0.5, 0.6) is 0 Å². The van der Waals surface area contributed by atoms with E-state index in [4.69, 9.17) is 14.6 Å². The minimum atomic E-state index is -1.04. The van der Waals surface area contributed by atoms with Crippen molar-refractivity contribution in [2.75, 3.05) is 13.2 Å². The topological polar surface area (TPSA) is 73.9 Å². The SMILES string of the molecule is O=C(O)c1ccc(CN(CCCO)C2CCC2)o1. The monoisotopic (exact) mass is 253 g/mol. The largest absolute Gasteiger partial charge is 0.475 e.